The highest BCUT2D eigenvalue weighted by atomic mass is 79.9. The Labute approximate surface area is 136 Å². The minimum Gasteiger partial charge on any atom is -0.475 e. The van der Waals surface area contributed by atoms with Gasteiger partial charge in [-0.3, -0.25) is 4.72 Å². The normalized spacial score (nSPS) is 11.4. The molecule has 0 radical (unpaired) electrons. The minimum absolute atomic E-state index is 0.112. The maximum atomic E-state index is 12.2. The number of carboxylic acid groups (broad SMARTS) is 1. The summed E-state index contributed by atoms with van der Waals surface area (Å²) in [6.45, 7) is 1.78. The van der Waals surface area contributed by atoms with E-state index in [1.807, 2.05) is 0 Å². The number of pyridine rings is 1. The average Bonchev–Trinajstić information content (AvgIpc) is 2.77. The molecule has 2 aromatic rings. The molecule has 0 fully saturated rings. The molecular formula is C11H8Br2N2O5S. The molecule has 0 aromatic carbocycles. The molecular weight excluding hydrogens is 432 g/mol. The van der Waals surface area contributed by atoms with Gasteiger partial charge >= 0.3 is 5.97 Å². The van der Waals surface area contributed by atoms with Crippen LogP contribution in [0.5, 0.6) is 0 Å². The third kappa shape index (κ3) is 3.44. The number of carboxylic acids is 1. The minimum atomic E-state index is -4.02. The number of furan rings is 1. The Bertz CT molecular complexity index is 816. The van der Waals surface area contributed by atoms with Crippen LogP contribution >= 0.6 is 31.9 Å². The van der Waals surface area contributed by atoms with E-state index in [4.69, 9.17) is 9.52 Å². The van der Waals surface area contributed by atoms with Crippen LogP contribution in [0.1, 0.15) is 16.1 Å². The van der Waals surface area contributed by atoms with Gasteiger partial charge in [0.1, 0.15) is 10.7 Å². The summed E-state index contributed by atoms with van der Waals surface area (Å²) in [5, 5.41) is 8.80. The fourth-order valence-electron chi connectivity index (χ4n) is 1.43. The zero-order chi connectivity index (χ0) is 15.8. The first kappa shape index (κ1) is 16.0. The number of aryl methyl sites for hydroxylation is 1. The first-order chi connectivity index (χ1) is 9.70. The highest BCUT2D eigenvalue weighted by molar-refractivity contribution is 9.10. The van der Waals surface area contributed by atoms with Crippen LogP contribution < -0.4 is 4.72 Å². The van der Waals surface area contributed by atoms with Crippen molar-refractivity contribution in [3.63, 3.8) is 0 Å². The Hall–Kier alpha value is -1.39. The molecule has 0 atom stereocenters. The van der Waals surface area contributed by atoms with E-state index >= 15 is 0 Å². The number of nitrogens with zero attached hydrogens (tertiary/aromatic N) is 1. The second-order valence-corrected chi connectivity index (χ2v) is 7.20. The predicted octanol–water partition coefficient (Wildman–Crippen LogP) is 3.01. The molecule has 0 bridgehead atoms. The number of halogens is 2. The highest BCUT2D eigenvalue weighted by Gasteiger charge is 2.25. The lowest BCUT2D eigenvalue weighted by Gasteiger charge is -2.07. The number of sulfonamides is 1. The van der Waals surface area contributed by atoms with Gasteiger partial charge in [0.25, 0.3) is 10.0 Å². The molecule has 21 heavy (non-hydrogen) atoms. The molecule has 0 aliphatic carbocycles. The first-order valence-electron chi connectivity index (χ1n) is 5.38. The van der Waals surface area contributed by atoms with Crippen molar-refractivity contribution in [2.45, 2.75) is 11.8 Å². The van der Waals surface area contributed by atoms with E-state index in [1.165, 1.54) is 12.3 Å². The van der Waals surface area contributed by atoms with Gasteiger partial charge in [-0.2, -0.15) is 0 Å². The molecule has 2 aromatic heterocycles. The molecule has 2 N–H and O–H groups in total. The topological polar surface area (TPSA) is 110 Å². The summed E-state index contributed by atoms with van der Waals surface area (Å²) in [6.07, 6.45) is 1.46. The van der Waals surface area contributed by atoms with Gasteiger partial charge in [0.2, 0.25) is 5.76 Å². The van der Waals surface area contributed by atoms with E-state index < -0.39 is 21.8 Å². The number of anilines is 1. The molecule has 112 valence electrons. The third-order valence-electron chi connectivity index (χ3n) is 2.44. The van der Waals surface area contributed by atoms with Crippen molar-refractivity contribution in [2.75, 3.05) is 4.72 Å². The van der Waals surface area contributed by atoms with Crippen molar-refractivity contribution < 1.29 is 22.7 Å². The van der Waals surface area contributed by atoms with Crippen LogP contribution in [0.2, 0.25) is 0 Å². The monoisotopic (exact) mass is 438 g/mol. The maximum absolute atomic E-state index is 12.2. The lowest BCUT2D eigenvalue weighted by molar-refractivity contribution is 0.0661. The molecule has 10 heteroatoms. The molecule has 2 heterocycles. The summed E-state index contributed by atoms with van der Waals surface area (Å²) in [5.41, 5.74) is 0.792. The van der Waals surface area contributed by atoms with Gasteiger partial charge in [0.05, 0.1) is 0 Å². The Morgan fingerprint density at radius 1 is 1.38 bits per heavy atom. The van der Waals surface area contributed by atoms with Gasteiger partial charge in [0, 0.05) is 16.7 Å². The summed E-state index contributed by atoms with van der Waals surface area (Å²) in [5.74, 6) is -1.74. The molecule has 2 rings (SSSR count). The summed E-state index contributed by atoms with van der Waals surface area (Å²) in [4.78, 5) is 14.4. The first-order valence-corrected chi connectivity index (χ1v) is 8.45. The summed E-state index contributed by atoms with van der Waals surface area (Å²) >= 11 is 6.14. The highest BCUT2D eigenvalue weighted by Crippen LogP contribution is 2.28. The number of hydrogen-bond donors (Lipinski definition) is 2. The zero-order valence-electron chi connectivity index (χ0n) is 10.4. The van der Waals surface area contributed by atoms with Crippen molar-refractivity contribution in [1.82, 2.24) is 4.98 Å². The molecule has 0 aliphatic rings. The lowest BCUT2D eigenvalue weighted by atomic mass is 10.3. The number of aromatic carboxylic acids is 1. The van der Waals surface area contributed by atoms with Crippen molar-refractivity contribution in [1.29, 1.82) is 0 Å². The van der Waals surface area contributed by atoms with Gasteiger partial charge in [-0.15, -0.1) is 0 Å². The quantitative estimate of drug-likeness (QED) is 0.757. The van der Waals surface area contributed by atoms with Crippen LogP contribution in [0.15, 0.2) is 36.8 Å². The van der Waals surface area contributed by atoms with Gasteiger partial charge < -0.3 is 9.52 Å². The van der Waals surface area contributed by atoms with E-state index in [0.717, 1.165) is 16.1 Å². The van der Waals surface area contributed by atoms with E-state index in [-0.39, 0.29) is 15.4 Å². The lowest BCUT2D eigenvalue weighted by Crippen LogP contribution is -2.14. The van der Waals surface area contributed by atoms with E-state index in [9.17, 15) is 13.2 Å². The van der Waals surface area contributed by atoms with Crippen LogP contribution in [0.4, 0.5) is 5.82 Å². The van der Waals surface area contributed by atoms with Crippen molar-refractivity contribution >= 4 is 53.7 Å². The number of carbonyl (C=O) groups is 1. The molecule has 0 amide bonds. The average molecular weight is 440 g/mol. The van der Waals surface area contributed by atoms with Gasteiger partial charge in [-0.1, -0.05) is 0 Å². The van der Waals surface area contributed by atoms with Crippen LogP contribution in [0, 0.1) is 6.92 Å². The number of hydrogen-bond acceptors (Lipinski definition) is 5. The van der Waals surface area contributed by atoms with Crippen LogP contribution in [-0.4, -0.2) is 24.5 Å². The maximum Gasteiger partial charge on any atom is 0.371 e. The van der Waals surface area contributed by atoms with Crippen molar-refractivity contribution in [3.05, 3.63) is 38.8 Å². The van der Waals surface area contributed by atoms with Gasteiger partial charge in [0.15, 0.2) is 4.67 Å². The number of nitrogens with one attached hydrogen (secondary N) is 1. The Kier molecular flexibility index (Phi) is 4.40. The molecule has 7 nitrogen and oxygen atoms in total. The van der Waals surface area contributed by atoms with Crippen LogP contribution in [-0.2, 0) is 10.0 Å². The molecule has 0 aliphatic heterocycles. The standard InChI is InChI=1S/C11H8Br2N2O5S/c1-5-2-9(14-4-6(5)12)15-21(18,19)8-3-7(11(16)17)20-10(8)13/h2-4H,1H3,(H,14,15)(H,16,17). The zero-order valence-corrected chi connectivity index (χ0v) is 14.4. The molecule has 0 spiro atoms. The van der Waals surface area contributed by atoms with Gasteiger partial charge in [-0.25, -0.2) is 18.2 Å². The number of rotatable bonds is 4. The number of aromatic nitrogens is 1. The van der Waals surface area contributed by atoms with Crippen LogP contribution in [0.25, 0.3) is 0 Å². The van der Waals surface area contributed by atoms with E-state index in [0.29, 0.717) is 0 Å². The molecule has 0 saturated carbocycles. The third-order valence-corrected chi connectivity index (χ3v) is 5.48. The van der Waals surface area contributed by atoms with Gasteiger partial charge in [-0.05, 0) is 50.4 Å². The van der Waals surface area contributed by atoms with Crippen molar-refractivity contribution in [3.8, 4) is 0 Å². The SMILES string of the molecule is Cc1cc(NS(=O)(=O)c2cc(C(=O)O)oc2Br)ncc1Br. The predicted molar refractivity (Wildman–Crippen MR) is 80.8 cm³/mol. The largest absolute Gasteiger partial charge is 0.475 e. The Morgan fingerprint density at radius 2 is 2.05 bits per heavy atom. The Morgan fingerprint density at radius 3 is 2.57 bits per heavy atom. The van der Waals surface area contributed by atoms with Crippen molar-refractivity contribution in [2.24, 2.45) is 0 Å². The van der Waals surface area contributed by atoms with E-state index in [2.05, 4.69) is 41.6 Å². The molecule has 0 unspecified atom stereocenters. The summed E-state index contributed by atoms with van der Waals surface area (Å²) in [6, 6.07) is 2.45. The van der Waals surface area contributed by atoms with Crippen LogP contribution in [0.3, 0.4) is 0 Å². The summed E-state index contributed by atoms with van der Waals surface area (Å²) in [7, 11) is -4.02. The molecule has 0 saturated heterocycles. The second kappa shape index (κ2) is 5.78. The smallest absolute Gasteiger partial charge is 0.371 e. The fraction of sp³-hybridized carbons (Fsp3) is 0.0909. The second-order valence-electron chi connectivity index (χ2n) is 3.98. The summed E-state index contributed by atoms with van der Waals surface area (Å²) < 4.78 is 32.0. The van der Waals surface area contributed by atoms with E-state index in [1.54, 1.807) is 6.92 Å². The Balaban J connectivity index is 2.38. The fourth-order valence-corrected chi connectivity index (χ4v) is 3.59.